The van der Waals surface area contributed by atoms with E-state index >= 15 is 0 Å². The summed E-state index contributed by atoms with van der Waals surface area (Å²) in [5, 5.41) is 11.6. The zero-order valence-corrected chi connectivity index (χ0v) is 25.6. The lowest BCUT2D eigenvalue weighted by Gasteiger charge is -2.30. The second-order valence-electron chi connectivity index (χ2n) is 11.7. The fraction of sp³-hybridized carbons (Fsp3) is 0.469. The van der Waals surface area contributed by atoms with Gasteiger partial charge in [-0.3, -0.25) is 24.2 Å². The zero-order chi connectivity index (χ0) is 31.0. The molecule has 0 saturated heterocycles. The summed E-state index contributed by atoms with van der Waals surface area (Å²) in [5.41, 5.74) is 3.59. The average molecular weight is 590 g/mol. The third kappa shape index (κ3) is 8.13. The molecule has 4 N–H and O–H groups in total. The van der Waals surface area contributed by atoms with Gasteiger partial charge in [-0.15, -0.1) is 0 Å². The summed E-state index contributed by atoms with van der Waals surface area (Å²) in [6.45, 7) is 4.97. The number of carbonyl (C=O) groups is 3. The summed E-state index contributed by atoms with van der Waals surface area (Å²) in [6.07, 6.45) is 2.92. The summed E-state index contributed by atoms with van der Waals surface area (Å²) in [7, 11) is 3.60. The maximum absolute atomic E-state index is 13.7. The molecule has 2 aliphatic rings. The van der Waals surface area contributed by atoms with Gasteiger partial charge >= 0.3 is 0 Å². The second-order valence-corrected chi connectivity index (χ2v) is 11.7. The van der Waals surface area contributed by atoms with E-state index in [1.54, 1.807) is 17.0 Å². The number of hydrogen-bond donors (Lipinski definition) is 3. The molecule has 0 unspecified atom stereocenters. The highest BCUT2D eigenvalue weighted by atomic mass is 16.7. The van der Waals surface area contributed by atoms with Crippen molar-refractivity contribution in [2.75, 3.05) is 38.8 Å². The van der Waals surface area contributed by atoms with E-state index < -0.39 is 0 Å². The molecule has 1 heterocycles. The summed E-state index contributed by atoms with van der Waals surface area (Å²) in [6, 6.07) is 15.0. The largest absolute Gasteiger partial charge is 0.341 e. The second kappa shape index (κ2) is 14.5. The topological polar surface area (TPSA) is 142 Å². The molecule has 11 heteroatoms. The van der Waals surface area contributed by atoms with Crippen molar-refractivity contribution < 1.29 is 19.2 Å². The third-order valence-electron chi connectivity index (χ3n) is 8.05. The lowest BCUT2D eigenvalue weighted by Crippen LogP contribution is -2.44. The number of amides is 2. The van der Waals surface area contributed by atoms with E-state index in [-0.39, 0.29) is 61.7 Å². The number of hydrogen-bond acceptors (Lipinski definition) is 9. The molecule has 1 saturated carbocycles. The van der Waals surface area contributed by atoms with Crippen molar-refractivity contribution in [1.29, 1.82) is 0 Å². The van der Waals surface area contributed by atoms with E-state index in [4.69, 9.17) is 15.7 Å². The minimum absolute atomic E-state index is 0.00558. The van der Waals surface area contributed by atoms with Crippen molar-refractivity contribution in [1.82, 2.24) is 15.7 Å². The first-order valence-electron chi connectivity index (χ1n) is 14.8. The van der Waals surface area contributed by atoms with Crippen LogP contribution in [0, 0.1) is 5.92 Å². The number of likely N-dealkylation sites (N-methyl/N-ethyl adjacent to an activating group) is 1. The molecule has 0 aromatic heterocycles. The highest BCUT2D eigenvalue weighted by Gasteiger charge is 2.30. The van der Waals surface area contributed by atoms with Crippen molar-refractivity contribution in [3.8, 4) is 0 Å². The molecule has 2 aromatic carbocycles. The number of aliphatic imine (C=N–C) groups is 1. The molecule has 1 aliphatic heterocycles. The van der Waals surface area contributed by atoms with Crippen LogP contribution in [0.4, 0.5) is 5.69 Å². The normalized spacial score (nSPS) is 17.2. The Morgan fingerprint density at radius 1 is 1.05 bits per heavy atom. The van der Waals surface area contributed by atoms with Gasteiger partial charge in [-0.2, -0.15) is 10.2 Å². The van der Waals surface area contributed by atoms with E-state index in [0.29, 0.717) is 29.3 Å². The van der Waals surface area contributed by atoms with E-state index in [1.807, 2.05) is 69.4 Å². The Morgan fingerprint density at radius 3 is 2.42 bits per heavy atom. The Bertz CT molecular complexity index is 1380. The molecule has 4 rings (SSSR count). The van der Waals surface area contributed by atoms with Crippen molar-refractivity contribution in [2.45, 2.75) is 58.0 Å². The first kappa shape index (κ1) is 32.0. The van der Waals surface area contributed by atoms with Crippen LogP contribution in [0.3, 0.4) is 0 Å². The Morgan fingerprint density at radius 2 is 1.74 bits per heavy atom. The number of nitrogens with one attached hydrogen (secondary N) is 2. The molecule has 0 radical (unpaired) electrons. The van der Waals surface area contributed by atoms with Crippen LogP contribution in [-0.2, 0) is 25.8 Å². The predicted molar refractivity (Wildman–Crippen MR) is 168 cm³/mol. The fourth-order valence-corrected chi connectivity index (χ4v) is 4.87. The van der Waals surface area contributed by atoms with Crippen LogP contribution in [0.2, 0.25) is 0 Å². The van der Waals surface area contributed by atoms with E-state index in [1.165, 1.54) is 0 Å². The molecular weight excluding hydrogens is 546 g/mol. The predicted octanol–water partition coefficient (Wildman–Crippen LogP) is 2.77. The number of anilines is 1. The van der Waals surface area contributed by atoms with Crippen LogP contribution in [-0.4, -0.2) is 73.5 Å². The lowest BCUT2D eigenvalue weighted by atomic mass is 9.82. The van der Waals surface area contributed by atoms with Crippen LogP contribution in [0.5, 0.6) is 0 Å². The van der Waals surface area contributed by atoms with Crippen LogP contribution in [0.1, 0.15) is 62.6 Å². The molecule has 1 aliphatic carbocycles. The van der Waals surface area contributed by atoms with E-state index in [0.717, 1.165) is 30.4 Å². The van der Waals surface area contributed by atoms with E-state index in [9.17, 15) is 14.4 Å². The summed E-state index contributed by atoms with van der Waals surface area (Å²) < 4.78 is 0. The van der Waals surface area contributed by atoms with Crippen LogP contribution in [0.25, 0.3) is 0 Å². The molecule has 0 atom stereocenters. The number of hydroxylamine groups is 2. The molecule has 2 amide bonds. The minimum atomic E-state index is -0.257. The first-order chi connectivity index (χ1) is 20.6. The Kier molecular flexibility index (Phi) is 10.8. The van der Waals surface area contributed by atoms with Crippen molar-refractivity contribution >= 4 is 34.7 Å². The smallest absolute Gasteiger partial charge is 0.227 e. The van der Waals surface area contributed by atoms with Crippen LogP contribution < -0.4 is 21.4 Å². The standard InChI is InChI=1S/C32H43N7O4/c1-32(2,34-3)20-43-38(4)21-36-28(41)16-17-29(42)39-19-23-10-5-6-13-24(23)30(35-18-27(40)22-11-9-12-22)31(37-33)25-14-7-8-15-26(25)39/h5-8,10,13-15,22,34H,9,11-12,16-21,33H2,1-4H3,(H,36,41). The van der Waals surface area contributed by atoms with Gasteiger partial charge in [0.2, 0.25) is 11.8 Å². The van der Waals surface area contributed by atoms with Crippen LogP contribution >= 0.6 is 0 Å². The molecule has 0 bridgehead atoms. The highest BCUT2D eigenvalue weighted by Crippen LogP contribution is 2.31. The Hall–Kier alpha value is -3.93. The Balaban J connectivity index is 1.50. The maximum Gasteiger partial charge on any atom is 0.227 e. The van der Waals surface area contributed by atoms with Gasteiger partial charge in [0, 0.05) is 42.5 Å². The van der Waals surface area contributed by atoms with Gasteiger partial charge in [0.25, 0.3) is 0 Å². The van der Waals surface area contributed by atoms with Gasteiger partial charge in [0.15, 0.2) is 5.78 Å². The summed E-state index contributed by atoms with van der Waals surface area (Å²) in [4.78, 5) is 51.2. The number of fused-ring (bicyclic) bond motifs is 2. The number of nitrogens with two attached hydrogens (primary N) is 1. The molecule has 2 aromatic rings. The number of nitrogens with zero attached hydrogens (tertiary/aromatic N) is 4. The molecule has 11 nitrogen and oxygen atoms in total. The van der Waals surface area contributed by atoms with Gasteiger partial charge in [-0.25, -0.2) is 0 Å². The molecule has 230 valence electrons. The quantitative estimate of drug-likeness (QED) is 0.196. The van der Waals surface area contributed by atoms with Gasteiger partial charge in [-0.05, 0) is 45.4 Å². The molecule has 43 heavy (non-hydrogen) atoms. The number of carbonyl (C=O) groups excluding carboxylic acids is 3. The van der Waals surface area contributed by atoms with Gasteiger partial charge in [-0.1, -0.05) is 48.9 Å². The Labute approximate surface area is 253 Å². The average Bonchev–Trinajstić information content (AvgIpc) is 2.97. The van der Waals surface area contributed by atoms with Crippen LogP contribution in [0.15, 0.2) is 58.6 Å². The molecule has 0 spiro atoms. The monoisotopic (exact) mass is 589 g/mol. The number of para-hydroxylation sites is 1. The van der Waals surface area contributed by atoms with Gasteiger partial charge in [0.1, 0.15) is 5.71 Å². The van der Waals surface area contributed by atoms with Crippen molar-refractivity contribution in [3.05, 3.63) is 65.2 Å². The van der Waals surface area contributed by atoms with Crippen molar-refractivity contribution in [2.24, 2.45) is 21.9 Å². The number of ketones is 1. The third-order valence-corrected chi connectivity index (χ3v) is 8.05. The van der Waals surface area contributed by atoms with Crippen molar-refractivity contribution in [3.63, 3.8) is 0 Å². The number of benzene rings is 2. The maximum atomic E-state index is 13.7. The summed E-state index contributed by atoms with van der Waals surface area (Å²) in [5.74, 6) is 5.69. The molecule has 1 fully saturated rings. The van der Waals surface area contributed by atoms with E-state index in [2.05, 4.69) is 15.7 Å². The minimum Gasteiger partial charge on any atom is -0.341 e. The summed E-state index contributed by atoms with van der Waals surface area (Å²) >= 11 is 0. The molecular formula is C32H43N7O4. The number of rotatable bonds is 12. The van der Waals surface area contributed by atoms with Gasteiger partial charge < -0.3 is 21.4 Å². The number of hydrazone groups is 1. The highest BCUT2D eigenvalue weighted by molar-refractivity contribution is 6.55. The first-order valence-corrected chi connectivity index (χ1v) is 14.8. The SMILES string of the molecule is CNC(C)(C)CON(C)CNC(=O)CCC(=O)N1Cc2ccccc2C(=NCC(=O)C2CCC2)C(=NN)c2ccccc21. The fourth-order valence-electron chi connectivity index (χ4n) is 4.87. The zero-order valence-electron chi connectivity index (χ0n) is 25.6. The van der Waals surface area contributed by atoms with Gasteiger partial charge in [0.05, 0.1) is 37.8 Å². The number of Topliss-reactive ketones (excluding diaryl/α,β-unsaturated/α-hetero) is 1. The lowest BCUT2D eigenvalue weighted by molar-refractivity contribution is -0.161.